The Morgan fingerprint density at radius 1 is 1.24 bits per heavy atom. The predicted octanol–water partition coefficient (Wildman–Crippen LogP) is 2.51. The Bertz CT molecular complexity index is 630. The van der Waals surface area contributed by atoms with E-state index in [9.17, 15) is 9.90 Å². The van der Waals surface area contributed by atoms with Crippen molar-refractivity contribution in [1.29, 1.82) is 0 Å². The molecule has 1 N–H and O–H groups in total. The molecule has 0 aliphatic carbocycles. The molecule has 3 heterocycles. The van der Waals surface area contributed by atoms with E-state index in [4.69, 9.17) is 0 Å². The van der Waals surface area contributed by atoms with Crippen molar-refractivity contribution in [3.63, 3.8) is 0 Å². The molecule has 5 nitrogen and oxygen atoms in total. The van der Waals surface area contributed by atoms with Crippen LogP contribution in [0.5, 0.6) is 0 Å². The number of pyridine rings is 2. The summed E-state index contributed by atoms with van der Waals surface area (Å²) in [5.41, 5.74) is 1.94. The lowest BCUT2D eigenvalue weighted by atomic mass is 10.1. The van der Waals surface area contributed by atoms with Crippen LogP contribution >= 0.6 is 0 Å². The van der Waals surface area contributed by atoms with Gasteiger partial charge in [-0.15, -0.1) is 0 Å². The Morgan fingerprint density at radius 3 is 2.86 bits per heavy atom. The van der Waals surface area contributed by atoms with Crippen molar-refractivity contribution in [2.24, 2.45) is 0 Å². The maximum Gasteiger partial charge on any atom is 0.337 e. The highest BCUT2D eigenvalue weighted by Gasteiger charge is 2.28. The van der Waals surface area contributed by atoms with Crippen molar-refractivity contribution >= 4 is 5.97 Å². The number of nitrogens with zero attached hydrogens (tertiary/aromatic N) is 3. The molecule has 1 fully saturated rings. The number of aromatic carboxylic acids is 1. The largest absolute Gasteiger partial charge is 0.478 e. The third-order valence-electron chi connectivity index (χ3n) is 3.87. The van der Waals surface area contributed by atoms with Gasteiger partial charge in [-0.05, 0) is 43.7 Å². The highest BCUT2D eigenvalue weighted by Crippen LogP contribution is 2.31. The minimum atomic E-state index is -0.924. The van der Waals surface area contributed by atoms with Gasteiger partial charge in [0.25, 0.3) is 0 Å². The molecule has 3 rings (SSSR count). The minimum absolute atomic E-state index is 0.245. The van der Waals surface area contributed by atoms with Gasteiger partial charge in [0.1, 0.15) is 0 Å². The van der Waals surface area contributed by atoms with Crippen LogP contribution in [0.4, 0.5) is 0 Å². The van der Waals surface area contributed by atoms with Crippen LogP contribution in [0.3, 0.4) is 0 Å². The lowest BCUT2D eigenvalue weighted by Crippen LogP contribution is -2.25. The molecule has 0 aromatic carbocycles. The van der Waals surface area contributed by atoms with Crippen molar-refractivity contribution in [3.05, 3.63) is 59.7 Å². The van der Waals surface area contributed by atoms with Crippen LogP contribution < -0.4 is 0 Å². The SMILES string of the molecule is O=C(O)c1cccnc1CN1CCC[C@H]1c1ccccn1. The van der Waals surface area contributed by atoms with Crippen LogP contribution in [-0.2, 0) is 6.54 Å². The second kappa shape index (κ2) is 6.01. The molecule has 1 atom stereocenters. The zero-order valence-electron chi connectivity index (χ0n) is 11.6. The van der Waals surface area contributed by atoms with Crippen LogP contribution in [0.25, 0.3) is 0 Å². The fourth-order valence-corrected chi connectivity index (χ4v) is 2.87. The Morgan fingerprint density at radius 2 is 2.10 bits per heavy atom. The summed E-state index contributed by atoms with van der Waals surface area (Å²) in [4.78, 5) is 22.2. The Kier molecular flexibility index (Phi) is 3.92. The summed E-state index contributed by atoms with van der Waals surface area (Å²) in [5.74, 6) is -0.924. The molecular weight excluding hydrogens is 266 g/mol. The lowest BCUT2D eigenvalue weighted by molar-refractivity contribution is 0.0693. The molecule has 1 aliphatic rings. The number of carbonyl (C=O) groups is 1. The topological polar surface area (TPSA) is 66.3 Å². The number of hydrogen-bond donors (Lipinski definition) is 1. The Labute approximate surface area is 123 Å². The van der Waals surface area contributed by atoms with Gasteiger partial charge >= 0.3 is 5.97 Å². The molecule has 1 saturated heterocycles. The van der Waals surface area contributed by atoms with Gasteiger partial charge < -0.3 is 5.11 Å². The first kappa shape index (κ1) is 13.7. The van der Waals surface area contributed by atoms with Gasteiger partial charge in [-0.2, -0.15) is 0 Å². The minimum Gasteiger partial charge on any atom is -0.478 e. The molecular formula is C16H17N3O2. The third kappa shape index (κ3) is 2.92. The molecule has 21 heavy (non-hydrogen) atoms. The normalized spacial score (nSPS) is 18.8. The van der Waals surface area contributed by atoms with E-state index < -0.39 is 5.97 Å². The van der Waals surface area contributed by atoms with Gasteiger partial charge in [-0.3, -0.25) is 14.9 Å². The molecule has 0 amide bonds. The summed E-state index contributed by atoms with van der Waals surface area (Å²) in [6.07, 6.45) is 5.59. The molecule has 1 aliphatic heterocycles. The maximum absolute atomic E-state index is 11.3. The zero-order valence-corrected chi connectivity index (χ0v) is 11.6. The van der Waals surface area contributed by atoms with E-state index in [-0.39, 0.29) is 11.6 Å². The van der Waals surface area contributed by atoms with Crippen LogP contribution in [0.1, 0.15) is 40.6 Å². The number of carboxylic acids is 1. The standard InChI is InChI=1S/C16H17N3O2/c20-16(21)12-5-3-9-18-14(12)11-19-10-4-7-15(19)13-6-1-2-8-17-13/h1-3,5-6,8-9,15H,4,7,10-11H2,(H,20,21)/t15-/m0/s1. The molecule has 0 spiro atoms. The lowest BCUT2D eigenvalue weighted by Gasteiger charge is -2.24. The summed E-state index contributed by atoms with van der Waals surface area (Å²) in [6.45, 7) is 1.49. The van der Waals surface area contributed by atoms with E-state index in [2.05, 4.69) is 14.9 Å². The smallest absolute Gasteiger partial charge is 0.337 e. The van der Waals surface area contributed by atoms with Crippen molar-refractivity contribution in [1.82, 2.24) is 14.9 Å². The molecule has 5 heteroatoms. The van der Waals surface area contributed by atoms with Gasteiger partial charge in [0, 0.05) is 18.9 Å². The summed E-state index contributed by atoms with van der Waals surface area (Å²) in [6, 6.07) is 9.44. The summed E-state index contributed by atoms with van der Waals surface area (Å²) in [7, 11) is 0. The van der Waals surface area contributed by atoms with E-state index >= 15 is 0 Å². The van der Waals surface area contributed by atoms with E-state index in [0.717, 1.165) is 25.1 Å². The van der Waals surface area contributed by atoms with Crippen LogP contribution in [0.2, 0.25) is 0 Å². The molecule has 0 radical (unpaired) electrons. The average Bonchev–Trinajstić information content (AvgIpc) is 2.96. The quantitative estimate of drug-likeness (QED) is 0.934. The van der Waals surface area contributed by atoms with Gasteiger partial charge in [-0.25, -0.2) is 4.79 Å². The van der Waals surface area contributed by atoms with Crippen LogP contribution in [0.15, 0.2) is 42.7 Å². The highest BCUT2D eigenvalue weighted by atomic mass is 16.4. The van der Waals surface area contributed by atoms with E-state index in [1.165, 1.54) is 0 Å². The first-order valence-corrected chi connectivity index (χ1v) is 7.08. The number of carboxylic acid groups (broad SMARTS) is 1. The monoisotopic (exact) mass is 283 g/mol. The summed E-state index contributed by atoms with van der Waals surface area (Å²) in [5, 5.41) is 9.25. The fraction of sp³-hybridized carbons (Fsp3) is 0.312. The second-order valence-electron chi connectivity index (χ2n) is 5.19. The molecule has 2 aromatic heterocycles. The molecule has 0 saturated carbocycles. The van der Waals surface area contributed by atoms with Gasteiger partial charge in [0.15, 0.2) is 0 Å². The molecule has 2 aromatic rings. The zero-order chi connectivity index (χ0) is 14.7. The average molecular weight is 283 g/mol. The number of hydrogen-bond acceptors (Lipinski definition) is 4. The van der Waals surface area contributed by atoms with Crippen LogP contribution in [0, 0.1) is 0 Å². The number of aromatic nitrogens is 2. The van der Waals surface area contributed by atoms with E-state index in [1.807, 2.05) is 18.2 Å². The maximum atomic E-state index is 11.3. The van der Waals surface area contributed by atoms with Gasteiger partial charge in [0.05, 0.1) is 23.0 Å². The van der Waals surface area contributed by atoms with Crippen molar-refractivity contribution < 1.29 is 9.90 Å². The Hall–Kier alpha value is -2.27. The predicted molar refractivity (Wildman–Crippen MR) is 77.8 cm³/mol. The number of likely N-dealkylation sites (tertiary alicyclic amines) is 1. The summed E-state index contributed by atoms with van der Waals surface area (Å²) >= 11 is 0. The molecule has 108 valence electrons. The van der Waals surface area contributed by atoms with Crippen molar-refractivity contribution in [2.45, 2.75) is 25.4 Å². The Balaban J connectivity index is 1.83. The van der Waals surface area contributed by atoms with Crippen molar-refractivity contribution in [2.75, 3.05) is 6.54 Å². The van der Waals surface area contributed by atoms with Crippen LogP contribution in [-0.4, -0.2) is 32.5 Å². The summed E-state index contributed by atoms with van der Waals surface area (Å²) < 4.78 is 0. The molecule has 0 unspecified atom stereocenters. The first-order chi connectivity index (χ1) is 10.3. The van der Waals surface area contributed by atoms with E-state index in [1.54, 1.807) is 24.5 Å². The number of rotatable bonds is 4. The third-order valence-corrected chi connectivity index (χ3v) is 3.87. The van der Waals surface area contributed by atoms with Gasteiger partial charge in [-0.1, -0.05) is 6.07 Å². The highest BCUT2D eigenvalue weighted by molar-refractivity contribution is 5.88. The van der Waals surface area contributed by atoms with Crippen molar-refractivity contribution in [3.8, 4) is 0 Å². The first-order valence-electron chi connectivity index (χ1n) is 7.08. The molecule has 0 bridgehead atoms. The fourth-order valence-electron chi connectivity index (χ4n) is 2.87. The van der Waals surface area contributed by atoms with Gasteiger partial charge in [0.2, 0.25) is 0 Å². The van der Waals surface area contributed by atoms with E-state index in [0.29, 0.717) is 12.2 Å². The second-order valence-corrected chi connectivity index (χ2v) is 5.19.